The normalized spacial score (nSPS) is 24.1. The van der Waals surface area contributed by atoms with E-state index in [0.717, 1.165) is 23.0 Å². The topological polar surface area (TPSA) is 70.1 Å². The summed E-state index contributed by atoms with van der Waals surface area (Å²) in [6, 6.07) is 13.8. The second-order valence-electron chi connectivity index (χ2n) is 7.04. The van der Waals surface area contributed by atoms with Gasteiger partial charge in [-0.25, -0.2) is 5.06 Å². The number of hydrogen-bond acceptors (Lipinski definition) is 5. The van der Waals surface area contributed by atoms with Crippen LogP contribution in [0.2, 0.25) is 0 Å². The van der Waals surface area contributed by atoms with E-state index in [2.05, 4.69) is 15.9 Å². The number of rotatable bonds is 5. The first kappa shape index (κ1) is 19.0. The van der Waals surface area contributed by atoms with E-state index in [4.69, 9.17) is 4.84 Å². The van der Waals surface area contributed by atoms with Gasteiger partial charge in [0.05, 0.1) is 11.7 Å². The third kappa shape index (κ3) is 3.08. The summed E-state index contributed by atoms with van der Waals surface area (Å²) in [5.41, 5.74) is 1.27. The number of amides is 2. The molecule has 2 saturated heterocycles. The van der Waals surface area contributed by atoms with Gasteiger partial charge >= 0.3 is 0 Å². The lowest BCUT2D eigenvalue weighted by Gasteiger charge is -2.29. The highest BCUT2D eigenvalue weighted by Crippen LogP contribution is 2.49. The predicted octanol–water partition coefficient (Wildman–Crippen LogP) is 3.80. The number of aromatic hydroxyl groups is 1. The van der Waals surface area contributed by atoms with Gasteiger partial charge in [0.15, 0.2) is 6.10 Å². The van der Waals surface area contributed by atoms with E-state index in [9.17, 15) is 14.7 Å². The van der Waals surface area contributed by atoms with E-state index >= 15 is 0 Å². The van der Waals surface area contributed by atoms with Crippen LogP contribution < -0.4 is 5.06 Å². The number of halogens is 1. The highest BCUT2D eigenvalue weighted by Gasteiger charge is 2.60. The minimum Gasteiger partial charge on any atom is -0.508 e. The van der Waals surface area contributed by atoms with Gasteiger partial charge in [-0.3, -0.25) is 19.3 Å². The van der Waals surface area contributed by atoms with E-state index in [1.807, 2.05) is 37.3 Å². The number of phenolic OH excluding ortho intramolecular Hbond substituents is 1. The summed E-state index contributed by atoms with van der Waals surface area (Å²) in [5, 5.41) is 12.1. The summed E-state index contributed by atoms with van der Waals surface area (Å²) in [4.78, 5) is 33.4. The van der Waals surface area contributed by atoms with Crippen LogP contribution in [0.1, 0.15) is 31.4 Å². The van der Waals surface area contributed by atoms with Crippen molar-refractivity contribution in [1.82, 2.24) is 4.90 Å². The van der Waals surface area contributed by atoms with Crippen LogP contribution in [0, 0.1) is 5.92 Å². The van der Waals surface area contributed by atoms with Crippen molar-refractivity contribution in [2.24, 2.45) is 5.92 Å². The number of carbonyl (C=O) groups is 2. The molecule has 0 saturated carbocycles. The third-order valence-electron chi connectivity index (χ3n) is 5.26. The molecule has 2 fully saturated rings. The lowest BCUT2D eigenvalue weighted by molar-refractivity contribution is -0.143. The number of hydroxylamine groups is 1. The lowest BCUT2D eigenvalue weighted by atomic mass is 9.90. The molecule has 2 aromatic carbocycles. The first-order valence-corrected chi connectivity index (χ1v) is 10.2. The quantitative estimate of drug-likeness (QED) is 0.710. The summed E-state index contributed by atoms with van der Waals surface area (Å²) in [6.07, 6.45) is 0.763. The summed E-state index contributed by atoms with van der Waals surface area (Å²) in [7, 11) is 0. The van der Waals surface area contributed by atoms with Gasteiger partial charge in [-0.1, -0.05) is 47.5 Å². The fourth-order valence-corrected chi connectivity index (χ4v) is 4.26. The van der Waals surface area contributed by atoms with Crippen molar-refractivity contribution in [3.8, 4) is 5.75 Å². The number of hydrogen-bond donors (Lipinski definition) is 1. The van der Waals surface area contributed by atoms with E-state index in [1.54, 1.807) is 23.3 Å². The second kappa shape index (κ2) is 7.56. The van der Waals surface area contributed by atoms with Crippen LogP contribution in [0.3, 0.4) is 0 Å². The Bertz CT molecular complexity index is 905. The molecule has 1 N–H and O–H groups in total. The number of likely N-dealkylation sites (tertiary alicyclic amines) is 1. The summed E-state index contributed by atoms with van der Waals surface area (Å²) in [5.74, 6) is -1.19. The molecule has 0 aliphatic carbocycles. The number of anilines is 1. The molecule has 4 rings (SSSR count). The van der Waals surface area contributed by atoms with Crippen LogP contribution in [0.15, 0.2) is 53.0 Å². The Balaban J connectivity index is 1.79. The summed E-state index contributed by atoms with van der Waals surface area (Å²) in [6.45, 7) is 2.41. The molecular formula is C21H21BrN2O4. The monoisotopic (exact) mass is 444 g/mol. The number of phenols is 1. The Hall–Kier alpha value is -2.38. The molecule has 0 bridgehead atoms. The number of carbonyl (C=O) groups excluding carboxylic acids is 2. The molecule has 0 radical (unpaired) electrons. The highest BCUT2D eigenvalue weighted by molar-refractivity contribution is 9.10. The standard InChI is InChI=1S/C21H21BrN2O4/c1-2-3-11-23-20(26)17-18(15-12-13(22)9-10-16(15)25)24(28-19(17)21(23)27)14-7-5-4-6-8-14/h4-10,12,17-19,25H,2-3,11H2,1H3/t17-,18-,19+/m1/s1. The van der Waals surface area contributed by atoms with Gasteiger partial charge < -0.3 is 5.11 Å². The molecule has 28 heavy (non-hydrogen) atoms. The highest BCUT2D eigenvalue weighted by atomic mass is 79.9. The van der Waals surface area contributed by atoms with Gasteiger partial charge in [0.2, 0.25) is 5.91 Å². The summed E-state index contributed by atoms with van der Waals surface area (Å²) >= 11 is 3.43. The summed E-state index contributed by atoms with van der Waals surface area (Å²) < 4.78 is 0.774. The first-order chi connectivity index (χ1) is 13.5. The van der Waals surface area contributed by atoms with Crippen LogP contribution in [-0.2, 0) is 14.4 Å². The Labute approximate surface area is 171 Å². The molecule has 0 unspecified atom stereocenters. The molecule has 3 atom stereocenters. The number of fused-ring (bicyclic) bond motifs is 1. The zero-order valence-electron chi connectivity index (χ0n) is 15.4. The third-order valence-corrected chi connectivity index (χ3v) is 5.75. The zero-order chi connectivity index (χ0) is 19.8. The number of para-hydroxylation sites is 1. The average molecular weight is 445 g/mol. The fourth-order valence-electron chi connectivity index (χ4n) is 3.89. The maximum absolute atomic E-state index is 13.2. The maximum Gasteiger partial charge on any atom is 0.261 e. The average Bonchev–Trinajstić information content (AvgIpc) is 3.20. The van der Waals surface area contributed by atoms with Gasteiger partial charge in [-0.15, -0.1) is 0 Å². The smallest absolute Gasteiger partial charge is 0.261 e. The van der Waals surface area contributed by atoms with Crippen molar-refractivity contribution in [2.45, 2.75) is 31.9 Å². The lowest BCUT2D eigenvalue weighted by Crippen LogP contribution is -2.37. The van der Waals surface area contributed by atoms with Crippen molar-refractivity contribution >= 4 is 33.4 Å². The second-order valence-corrected chi connectivity index (χ2v) is 7.96. The number of nitrogens with zero attached hydrogens (tertiary/aromatic N) is 2. The molecule has 2 aromatic rings. The molecule has 7 heteroatoms. The number of imide groups is 1. The van der Waals surface area contributed by atoms with Crippen molar-refractivity contribution < 1.29 is 19.5 Å². The largest absolute Gasteiger partial charge is 0.508 e. The molecule has 2 aliphatic rings. The molecular weight excluding hydrogens is 424 g/mol. The molecule has 0 aromatic heterocycles. The molecule has 0 spiro atoms. The van der Waals surface area contributed by atoms with Crippen LogP contribution in [0.5, 0.6) is 5.75 Å². The van der Waals surface area contributed by atoms with E-state index in [0.29, 0.717) is 12.1 Å². The van der Waals surface area contributed by atoms with Crippen LogP contribution in [-0.4, -0.2) is 34.5 Å². The van der Waals surface area contributed by atoms with Crippen molar-refractivity contribution in [1.29, 1.82) is 0 Å². The van der Waals surface area contributed by atoms with Gasteiger partial charge in [0, 0.05) is 16.6 Å². The van der Waals surface area contributed by atoms with Gasteiger partial charge in [0.25, 0.3) is 5.91 Å². The molecule has 146 valence electrons. The Morgan fingerprint density at radius 2 is 1.86 bits per heavy atom. The number of unbranched alkanes of at least 4 members (excludes halogenated alkanes) is 1. The van der Waals surface area contributed by atoms with E-state index in [-0.39, 0.29) is 17.6 Å². The van der Waals surface area contributed by atoms with Gasteiger partial charge in [0.1, 0.15) is 11.7 Å². The number of benzene rings is 2. The maximum atomic E-state index is 13.2. The van der Waals surface area contributed by atoms with E-state index < -0.39 is 18.1 Å². The van der Waals surface area contributed by atoms with E-state index in [1.165, 1.54) is 4.90 Å². The van der Waals surface area contributed by atoms with Crippen molar-refractivity contribution in [2.75, 3.05) is 11.6 Å². The minimum atomic E-state index is -0.882. The van der Waals surface area contributed by atoms with Gasteiger partial charge in [-0.2, -0.15) is 0 Å². The predicted molar refractivity (Wildman–Crippen MR) is 107 cm³/mol. The molecule has 2 amide bonds. The van der Waals surface area contributed by atoms with Crippen LogP contribution in [0.25, 0.3) is 0 Å². The first-order valence-electron chi connectivity index (χ1n) is 9.37. The van der Waals surface area contributed by atoms with Crippen molar-refractivity contribution in [3.05, 3.63) is 58.6 Å². The zero-order valence-corrected chi connectivity index (χ0v) is 17.0. The van der Waals surface area contributed by atoms with Crippen LogP contribution >= 0.6 is 15.9 Å². The fraction of sp³-hybridized carbons (Fsp3) is 0.333. The van der Waals surface area contributed by atoms with Crippen molar-refractivity contribution in [3.63, 3.8) is 0 Å². The van der Waals surface area contributed by atoms with Crippen LogP contribution in [0.4, 0.5) is 5.69 Å². The molecule has 6 nitrogen and oxygen atoms in total. The molecule has 2 aliphatic heterocycles. The SMILES string of the molecule is CCCCN1C(=O)[C@H]2[C@H](ON(c3ccccc3)[C@@H]2c2cc(Br)ccc2O)C1=O. The molecule has 2 heterocycles. The van der Waals surface area contributed by atoms with Gasteiger partial charge in [-0.05, 0) is 36.8 Å². The Morgan fingerprint density at radius 1 is 1.11 bits per heavy atom. The Morgan fingerprint density at radius 3 is 2.57 bits per heavy atom. The minimum absolute atomic E-state index is 0.0608. The Kier molecular flexibility index (Phi) is 5.12.